The van der Waals surface area contributed by atoms with Gasteiger partial charge in [0, 0.05) is 13.1 Å². The standard InChI is InChI=1S/C27H33F5N2O/c1-2-3-7-22(28)25(29)26(35)33-23-15-12-20(18-24(23)34-16-5-4-6-17-34)9-8-19-10-13-21(14-11-19)27(30,31)32/h10-15,18,22,25H,2-9,16-17H2,1H3,(H,33,35)/t22-,25-/m1/s1. The largest absolute Gasteiger partial charge is 0.416 e. The molecule has 2 atom stereocenters. The van der Waals surface area contributed by atoms with E-state index in [1.807, 2.05) is 19.1 Å². The molecule has 3 nitrogen and oxygen atoms in total. The average molecular weight is 497 g/mol. The molecule has 1 amide bonds. The van der Waals surface area contributed by atoms with Gasteiger partial charge in [0.25, 0.3) is 5.91 Å². The monoisotopic (exact) mass is 496 g/mol. The van der Waals surface area contributed by atoms with Gasteiger partial charge < -0.3 is 10.2 Å². The lowest BCUT2D eigenvalue weighted by atomic mass is 10.0. The summed E-state index contributed by atoms with van der Waals surface area (Å²) in [6, 6.07) is 10.6. The highest BCUT2D eigenvalue weighted by molar-refractivity contribution is 5.97. The van der Waals surface area contributed by atoms with Crippen LogP contribution in [0, 0.1) is 0 Å². The second-order valence-electron chi connectivity index (χ2n) is 9.14. The number of halogens is 5. The molecular weight excluding hydrogens is 463 g/mol. The summed E-state index contributed by atoms with van der Waals surface area (Å²) in [4.78, 5) is 14.6. The summed E-state index contributed by atoms with van der Waals surface area (Å²) in [6.07, 6.45) is -2.93. The zero-order valence-corrected chi connectivity index (χ0v) is 20.0. The van der Waals surface area contributed by atoms with E-state index in [-0.39, 0.29) is 6.42 Å². The van der Waals surface area contributed by atoms with Gasteiger partial charge in [0.15, 0.2) is 0 Å². The summed E-state index contributed by atoms with van der Waals surface area (Å²) in [5, 5.41) is 2.58. The van der Waals surface area contributed by atoms with Gasteiger partial charge >= 0.3 is 6.18 Å². The molecule has 192 valence electrons. The number of piperidine rings is 1. The van der Waals surface area contributed by atoms with Crippen molar-refractivity contribution < 1.29 is 26.7 Å². The summed E-state index contributed by atoms with van der Waals surface area (Å²) in [6.45, 7) is 3.48. The van der Waals surface area contributed by atoms with Crippen molar-refractivity contribution in [3.8, 4) is 0 Å². The molecule has 8 heteroatoms. The van der Waals surface area contributed by atoms with Crippen molar-refractivity contribution in [2.45, 2.75) is 76.8 Å². The molecule has 0 saturated carbocycles. The summed E-state index contributed by atoms with van der Waals surface area (Å²) in [5.74, 6) is -0.982. The molecule has 0 aliphatic carbocycles. The van der Waals surface area contributed by atoms with Gasteiger partial charge in [-0.3, -0.25) is 4.79 Å². The molecule has 35 heavy (non-hydrogen) atoms. The highest BCUT2D eigenvalue weighted by Crippen LogP contribution is 2.32. The topological polar surface area (TPSA) is 32.3 Å². The normalized spacial score (nSPS) is 16.1. The van der Waals surface area contributed by atoms with Crippen LogP contribution in [0.4, 0.5) is 33.3 Å². The van der Waals surface area contributed by atoms with E-state index >= 15 is 0 Å². The third-order valence-corrected chi connectivity index (χ3v) is 6.40. The van der Waals surface area contributed by atoms with E-state index in [1.165, 1.54) is 12.1 Å². The van der Waals surface area contributed by atoms with Gasteiger partial charge in [-0.05, 0) is 73.9 Å². The molecule has 0 spiro atoms. The van der Waals surface area contributed by atoms with E-state index in [1.54, 1.807) is 6.07 Å². The maximum Gasteiger partial charge on any atom is 0.416 e. The van der Waals surface area contributed by atoms with E-state index < -0.39 is 30.0 Å². The number of alkyl halides is 5. The highest BCUT2D eigenvalue weighted by Gasteiger charge is 2.30. The van der Waals surface area contributed by atoms with Crippen molar-refractivity contribution in [3.63, 3.8) is 0 Å². The Morgan fingerprint density at radius 2 is 1.60 bits per heavy atom. The molecule has 1 aliphatic heterocycles. The fourth-order valence-corrected chi connectivity index (χ4v) is 4.30. The number of carbonyl (C=O) groups is 1. The Bertz CT molecular complexity index is 955. The first-order valence-corrected chi connectivity index (χ1v) is 12.3. The maximum atomic E-state index is 14.4. The molecule has 0 unspecified atom stereocenters. The molecule has 1 fully saturated rings. The number of nitrogens with one attached hydrogen (secondary N) is 1. The lowest BCUT2D eigenvalue weighted by Gasteiger charge is -2.31. The van der Waals surface area contributed by atoms with Crippen molar-refractivity contribution in [1.29, 1.82) is 0 Å². The zero-order chi connectivity index (χ0) is 25.4. The zero-order valence-electron chi connectivity index (χ0n) is 20.0. The van der Waals surface area contributed by atoms with Gasteiger partial charge in [0.1, 0.15) is 6.17 Å². The summed E-state index contributed by atoms with van der Waals surface area (Å²) in [7, 11) is 0. The molecule has 0 aromatic heterocycles. The number of hydrogen-bond acceptors (Lipinski definition) is 2. The third kappa shape index (κ3) is 7.67. The smallest absolute Gasteiger partial charge is 0.370 e. The number of hydrogen-bond donors (Lipinski definition) is 1. The van der Waals surface area contributed by atoms with Crippen molar-refractivity contribution in [2.75, 3.05) is 23.3 Å². The molecule has 1 saturated heterocycles. The van der Waals surface area contributed by atoms with Gasteiger partial charge in [-0.15, -0.1) is 0 Å². The van der Waals surface area contributed by atoms with Gasteiger partial charge in [-0.25, -0.2) is 8.78 Å². The van der Waals surface area contributed by atoms with E-state index in [9.17, 15) is 26.7 Å². The van der Waals surface area contributed by atoms with Crippen molar-refractivity contribution in [3.05, 3.63) is 59.2 Å². The SMILES string of the molecule is CCCC[C@@H](F)[C@@H](F)C(=O)Nc1ccc(CCc2ccc(C(F)(F)F)cc2)cc1N1CCCCC1. The van der Waals surface area contributed by atoms with Crippen LogP contribution in [0.25, 0.3) is 0 Å². The summed E-state index contributed by atoms with van der Waals surface area (Å²) >= 11 is 0. The second kappa shape index (κ2) is 12.4. The van der Waals surface area contributed by atoms with Crippen molar-refractivity contribution in [2.24, 2.45) is 0 Å². The molecule has 0 bridgehead atoms. The summed E-state index contributed by atoms with van der Waals surface area (Å²) < 4.78 is 66.9. The number of aryl methyl sites for hydroxylation is 2. The van der Waals surface area contributed by atoms with Gasteiger partial charge in [0.2, 0.25) is 6.17 Å². The Morgan fingerprint density at radius 3 is 2.23 bits per heavy atom. The van der Waals surface area contributed by atoms with Gasteiger partial charge in [0.05, 0.1) is 16.9 Å². The quantitative estimate of drug-likeness (QED) is 0.351. The molecule has 2 aromatic carbocycles. The first kappa shape index (κ1) is 27.0. The predicted molar refractivity (Wildman–Crippen MR) is 129 cm³/mol. The number of nitrogens with zero attached hydrogens (tertiary/aromatic N) is 1. The minimum Gasteiger partial charge on any atom is -0.370 e. The highest BCUT2D eigenvalue weighted by atomic mass is 19.4. The van der Waals surface area contributed by atoms with Crippen LogP contribution >= 0.6 is 0 Å². The van der Waals surface area contributed by atoms with Crippen LogP contribution in [0.15, 0.2) is 42.5 Å². The molecule has 2 aromatic rings. The van der Waals surface area contributed by atoms with Crippen LogP contribution in [-0.4, -0.2) is 31.3 Å². The number of unbranched alkanes of at least 4 members (excludes halogenated alkanes) is 1. The van der Waals surface area contributed by atoms with Crippen LogP contribution in [0.3, 0.4) is 0 Å². The molecule has 1 N–H and O–H groups in total. The van der Waals surface area contributed by atoms with Gasteiger partial charge in [-0.1, -0.05) is 38.0 Å². The Balaban J connectivity index is 1.73. The average Bonchev–Trinajstić information content (AvgIpc) is 2.86. The first-order chi connectivity index (χ1) is 16.7. The number of rotatable bonds is 10. The molecule has 0 radical (unpaired) electrons. The van der Waals surface area contributed by atoms with Crippen LogP contribution in [0.2, 0.25) is 0 Å². The number of carbonyl (C=O) groups excluding carboxylic acids is 1. The number of anilines is 2. The maximum absolute atomic E-state index is 14.4. The third-order valence-electron chi connectivity index (χ3n) is 6.40. The molecular formula is C27H33F5N2O. The Kier molecular flexibility index (Phi) is 9.52. The number of amides is 1. The van der Waals surface area contributed by atoms with E-state index in [2.05, 4.69) is 10.2 Å². The van der Waals surface area contributed by atoms with Crippen LogP contribution in [0.1, 0.15) is 62.1 Å². The first-order valence-electron chi connectivity index (χ1n) is 12.3. The lowest BCUT2D eigenvalue weighted by Crippen LogP contribution is -2.34. The van der Waals surface area contributed by atoms with Gasteiger partial charge in [-0.2, -0.15) is 13.2 Å². The Hall–Kier alpha value is -2.64. The minimum absolute atomic E-state index is 0.00690. The van der Waals surface area contributed by atoms with Crippen molar-refractivity contribution >= 4 is 17.3 Å². The van der Waals surface area contributed by atoms with Crippen LogP contribution in [0.5, 0.6) is 0 Å². The fourth-order valence-electron chi connectivity index (χ4n) is 4.30. The number of benzene rings is 2. The minimum atomic E-state index is -4.36. The van der Waals surface area contributed by atoms with E-state index in [0.717, 1.165) is 67.7 Å². The predicted octanol–water partition coefficient (Wildman–Crippen LogP) is 7.29. The molecule has 1 aliphatic rings. The Labute approximate surface area is 203 Å². The molecule has 3 rings (SSSR count). The Morgan fingerprint density at radius 1 is 0.971 bits per heavy atom. The van der Waals surface area contributed by atoms with E-state index in [0.29, 0.717) is 24.9 Å². The fraction of sp³-hybridized carbons (Fsp3) is 0.519. The lowest BCUT2D eigenvalue weighted by molar-refractivity contribution is -0.137. The second-order valence-corrected chi connectivity index (χ2v) is 9.14. The van der Waals surface area contributed by atoms with E-state index in [4.69, 9.17) is 0 Å². The van der Waals surface area contributed by atoms with Crippen LogP contribution < -0.4 is 10.2 Å². The molecule has 1 heterocycles. The van der Waals surface area contributed by atoms with Crippen LogP contribution in [-0.2, 0) is 23.8 Å². The summed E-state index contributed by atoms with van der Waals surface area (Å²) in [5.41, 5.74) is 2.27. The van der Waals surface area contributed by atoms with Crippen molar-refractivity contribution in [1.82, 2.24) is 0 Å².